The highest BCUT2D eigenvalue weighted by Crippen LogP contribution is 2.31. The Morgan fingerprint density at radius 1 is 1.33 bits per heavy atom. The largest absolute Gasteiger partial charge is 0.374 e. The summed E-state index contributed by atoms with van der Waals surface area (Å²) in [5.41, 5.74) is 0.803. The van der Waals surface area contributed by atoms with Crippen LogP contribution in [0.15, 0.2) is 11.6 Å². The fourth-order valence-electron chi connectivity index (χ4n) is 2.11. The van der Waals surface area contributed by atoms with Crippen LogP contribution in [-0.2, 0) is 9.53 Å². The molecule has 2 nitrogen and oxygen atoms in total. The van der Waals surface area contributed by atoms with Crippen molar-refractivity contribution in [2.45, 2.75) is 52.7 Å². The van der Waals surface area contributed by atoms with E-state index >= 15 is 0 Å². The maximum Gasteiger partial charge on any atom is 0.145 e. The first-order chi connectivity index (χ1) is 7.04. The summed E-state index contributed by atoms with van der Waals surface area (Å²) in [4.78, 5) is 10.5. The molecule has 1 aliphatic heterocycles. The van der Waals surface area contributed by atoms with Crippen LogP contribution < -0.4 is 0 Å². The summed E-state index contributed by atoms with van der Waals surface area (Å²) in [6, 6.07) is 0. The zero-order valence-electron chi connectivity index (χ0n) is 10.2. The van der Waals surface area contributed by atoms with E-state index in [1.165, 1.54) is 6.42 Å². The van der Waals surface area contributed by atoms with Crippen molar-refractivity contribution in [3.63, 3.8) is 0 Å². The Balaban J connectivity index is 2.51. The van der Waals surface area contributed by atoms with Crippen molar-refractivity contribution in [3.05, 3.63) is 11.6 Å². The molecule has 0 aromatic heterocycles. The number of carbonyl (C=O) groups excluding carboxylic acids is 1. The van der Waals surface area contributed by atoms with Crippen LogP contribution in [0.3, 0.4) is 0 Å². The molecular formula is C13H22O2. The molecule has 1 fully saturated rings. The quantitative estimate of drug-likeness (QED) is 0.529. The van der Waals surface area contributed by atoms with Crippen LogP contribution in [0.1, 0.15) is 40.5 Å². The number of hydrogen-bond donors (Lipinski definition) is 0. The number of hydrogen-bond acceptors (Lipinski definition) is 2. The lowest BCUT2D eigenvalue weighted by molar-refractivity contribution is -0.105. The topological polar surface area (TPSA) is 26.3 Å². The lowest BCUT2D eigenvalue weighted by atomic mass is 9.85. The molecule has 1 rings (SSSR count). The molecule has 86 valence electrons. The van der Waals surface area contributed by atoms with E-state index in [1.54, 1.807) is 0 Å². The minimum Gasteiger partial charge on any atom is -0.374 e. The molecule has 0 radical (unpaired) electrons. The van der Waals surface area contributed by atoms with Gasteiger partial charge in [-0.3, -0.25) is 4.79 Å². The molecule has 1 saturated heterocycles. The van der Waals surface area contributed by atoms with Crippen LogP contribution >= 0.6 is 0 Å². The molecule has 0 amide bonds. The second-order valence-corrected chi connectivity index (χ2v) is 4.87. The highest BCUT2D eigenvalue weighted by molar-refractivity contribution is 5.71. The van der Waals surface area contributed by atoms with Gasteiger partial charge in [0.25, 0.3) is 0 Å². The Labute approximate surface area is 92.7 Å². The smallest absolute Gasteiger partial charge is 0.145 e. The summed E-state index contributed by atoms with van der Waals surface area (Å²) in [5, 5.41) is 0. The van der Waals surface area contributed by atoms with Gasteiger partial charge in [0.2, 0.25) is 0 Å². The van der Waals surface area contributed by atoms with Crippen LogP contribution in [0.25, 0.3) is 0 Å². The molecule has 0 aromatic carbocycles. The van der Waals surface area contributed by atoms with E-state index in [1.807, 2.05) is 13.0 Å². The third kappa shape index (κ3) is 3.45. The maximum atomic E-state index is 10.5. The van der Waals surface area contributed by atoms with Gasteiger partial charge in [-0.2, -0.15) is 0 Å². The van der Waals surface area contributed by atoms with Crippen molar-refractivity contribution in [1.82, 2.24) is 0 Å². The van der Waals surface area contributed by atoms with Gasteiger partial charge in [-0.1, -0.05) is 19.9 Å². The second-order valence-electron chi connectivity index (χ2n) is 4.87. The zero-order valence-corrected chi connectivity index (χ0v) is 10.2. The average Bonchev–Trinajstić information content (AvgIpc) is 2.21. The summed E-state index contributed by atoms with van der Waals surface area (Å²) in [6.07, 6.45) is 5.60. The molecule has 1 aliphatic rings. The molecular weight excluding hydrogens is 188 g/mol. The predicted molar refractivity (Wildman–Crippen MR) is 61.7 cm³/mol. The molecule has 0 spiro atoms. The van der Waals surface area contributed by atoms with Gasteiger partial charge in [-0.05, 0) is 44.1 Å². The van der Waals surface area contributed by atoms with E-state index in [0.717, 1.165) is 18.3 Å². The van der Waals surface area contributed by atoms with E-state index in [4.69, 9.17) is 4.74 Å². The predicted octanol–water partition coefficient (Wildman–Crippen LogP) is 2.97. The average molecular weight is 210 g/mol. The monoisotopic (exact) mass is 210 g/mol. The Morgan fingerprint density at radius 3 is 2.60 bits per heavy atom. The van der Waals surface area contributed by atoms with Crippen molar-refractivity contribution < 1.29 is 9.53 Å². The van der Waals surface area contributed by atoms with Gasteiger partial charge in [-0.15, -0.1) is 0 Å². The zero-order chi connectivity index (χ0) is 11.4. The number of aldehydes is 1. The second kappa shape index (κ2) is 5.45. The minimum absolute atomic E-state index is 0.283. The Hall–Kier alpha value is -0.630. The van der Waals surface area contributed by atoms with E-state index in [0.29, 0.717) is 17.9 Å². The first kappa shape index (κ1) is 12.4. The van der Waals surface area contributed by atoms with Gasteiger partial charge < -0.3 is 4.74 Å². The molecule has 2 heteroatoms. The van der Waals surface area contributed by atoms with Gasteiger partial charge in [0.15, 0.2) is 0 Å². The molecule has 0 N–H and O–H groups in total. The van der Waals surface area contributed by atoms with Crippen molar-refractivity contribution in [1.29, 1.82) is 0 Å². The summed E-state index contributed by atoms with van der Waals surface area (Å²) in [7, 11) is 0. The lowest BCUT2D eigenvalue weighted by Gasteiger charge is -2.37. The SMILES string of the molecule is C/C(C=O)=C\C[C@@H]1O[C@H](C)[C@H](C)C[C@@H]1C. The van der Waals surface area contributed by atoms with Crippen LogP contribution in [0.5, 0.6) is 0 Å². The molecule has 1 heterocycles. The van der Waals surface area contributed by atoms with E-state index in [-0.39, 0.29) is 6.10 Å². The highest BCUT2D eigenvalue weighted by Gasteiger charge is 2.30. The molecule has 15 heavy (non-hydrogen) atoms. The van der Waals surface area contributed by atoms with Crippen LogP contribution in [0, 0.1) is 11.8 Å². The van der Waals surface area contributed by atoms with Gasteiger partial charge in [0, 0.05) is 0 Å². The van der Waals surface area contributed by atoms with Gasteiger partial charge in [0.1, 0.15) is 6.29 Å². The van der Waals surface area contributed by atoms with Crippen LogP contribution in [-0.4, -0.2) is 18.5 Å². The number of rotatable bonds is 3. The normalized spacial score (nSPS) is 37.7. The minimum atomic E-state index is 0.283. The van der Waals surface area contributed by atoms with Gasteiger partial charge in [0.05, 0.1) is 12.2 Å². The van der Waals surface area contributed by atoms with Gasteiger partial charge in [-0.25, -0.2) is 0 Å². The van der Waals surface area contributed by atoms with Crippen molar-refractivity contribution in [3.8, 4) is 0 Å². The lowest BCUT2D eigenvalue weighted by Crippen LogP contribution is -2.37. The van der Waals surface area contributed by atoms with Gasteiger partial charge >= 0.3 is 0 Å². The molecule has 0 unspecified atom stereocenters. The highest BCUT2D eigenvalue weighted by atomic mass is 16.5. The fourth-order valence-corrected chi connectivity index (χ4v) is 2.11. The standard InChI is InChI=1S/C13H22O2/c1-9(8-14)5-6-13-11(3)7-10(2)12(4)15-13/h5,8,10-13H,6-7H2,1-4H3/b9-5+/t10-,11+,12-,13+/m1/s1. The van der Waals surface area contributed by atoms with Crippen molar-refractivity contribution in [2.24, 2.45) is 11.8 Å². The first-order valence-corrected chi connectivity index (χ1v) is 5.82. The fraction of sp³-hybridized carbons (Fsp3) is 0.769. The van der Waals surface area contributed by atoms with Crippen LogP contribution in [0.4, 0.5) is 0 Å². The molecule has 0 saturated carbocycles. The summed E-state index contributed by atoms with van der Waals surface area (Å²) in [5.74, 6) is 1.24. The summed E-state index contributed by atoms with van der Waals surface area (Å²) in [6.45, 7) is 8.45. The van der Waals surface area contributed by atoms with Crippen molar-refractivity contribution >= 4 is 6.29 Å². The Bertz CT molecular complexity index is 245. The summed E-state index contributed by atoms with van der Waals surface area (Å²) < 4.78 is 5.95. The summed E-state index contributed by atoms with van der Waals surface area (Å²) >= 11 is 0. The first-order valence-electron chi connectivity index (χ1n) is 5.82. The maximum absolute atomic E-state index is 10.5. The van der Waals surface area contributed by atoms with E-state index in [2.05, 4.69) is 20.8 Å². The molecule has 4 atom stereocenters. The van der Waals surface area contributed by atoms with Crippen LogP contribution in [0.2, 0.25) is 0 Å². The molecule has 0 aromatic rings. The Morgan fingerprint density at radius 2 is 2.00 bits per heavy atom. The van der Waals surface area contributed by atoms with Crippen molar-refractivity contribution in [2.75, 3.05) is 0 Å². The third-order valence-electron chi connectivity index (χ3n) is 3.43. The third-order valence-corrected chi connectivity index (χ3v) is 3.43. The van der Waals surface area contributed by atoms with E-state index in [9.17, 15) is 4.79 Å². The molecule has 0 aliphatic carbocycles. The van der Waals surface area contributed by atoms with E-state index < -0.39 is 0 Å². The number of allylic oxidation sites excluding steroid dienone is 1. The number of carbonyl (C=O) groups is 1. The molecule has 0 bridgehead atoms. The number of ether oxygens (including phenoxy) is 1. The Kier molecular flexibility index (Phi) is 4.52.